The molecule has 5 aromatic carbocycles. The number of benzene rings is 5. The Balaban J connectivity index is 1.38. The Bertz CT molecular complexity index is 1690. The molecule has 0 aliphatic rings. The molecule has 0 N–H and O–H groups in total. The van der Waals surface area contributed by atoms with Crippen LogP contribution in [-0.2, 0) is 12.8 Å². The van der Waals surface area contributed by atoms with Gasteiger partial charge in [-0.05, 0) is 62.0 Å². The minimum Gasteiger partial charge on any atom is -0.218 e. The van der Waals surface area contributed by atoms with Crippen LogP contribution in [0.15, 0.2) is 103 Å². The largest absolute Gasteiger partial charge is 0.218 e. The summed E-state index contributed by atoms with van der Waals surface area (Å²) in [7, 11) is 0. The van der Waals surface area contributed by atoms with Crippen LogP contribution in [0.4, 0.5) is 0 Å². The van der Waals surface area contributed by atoms with E-state index in [-0.39, 0.29) is 0 Å². The molecule has 0 amide bonds. The highest BCUT2D eigenvalue weighted by Gasteiger charge is 2.10. The van der Waals surface area contributed by atoms with Crippen LogP contribution in [0.1, 0.15) is 25.5 Å². The van der Waals surface area contributed by atoms with E-state index in [9.17, 15) is 0 Å². The van der Waals surface area contributed by atoms with Crippen LogP contribution in [0.2, 0.25) is 0 Å². The van der Waals surface area contributed by atoms with E-state index >= 15 is 0 Å². The Morgan fingerprint density at radius 2 is 1.08 bits per heavy atom. The van der Waals surface area contributed by atoms with Gasteiger partial charge in [0, 0.05) is 18.4 Å². The van der Waals surface area contributed by atoms with Gasteiger partial charge >= 0.3 is 0 Å². The summed E-state index contributed by atoms with van der Waals surface area (Å²) in [4.78, 5) is 13.9. The molecule has 1 aromatic heterocycles. The fourth-order valence-electron chi connectivity index (χ4n) is 4.82. The van der Waals surface area contributed by atoms with Crippen LogP contribution in [0.5, 0.6) is 0 Å². The summed E-state index contributed by atoms with van der Waals surface area (Å²) in [6.07, 6.45) is 1.60. The van der Waals surface area contributed by atoms with Gasteiger partial charge in [0.15, 0.2) is 5.82 Å². The van der Waals surface area contributed by atoms with Gasteiger partial charge in [-0.3, -0.25) is 0 Å². The van der Waals surface area contributed by atoms with Crippen LogP contribution < -0.4 is 0 Å². The van der Waals surface area contributed by atoms with Crippen molar-refractivity contribution in [3.8, 4) is 33.6 Å². The van der Waals surface area contributed by atoms with Crippen molar-refractivity contribution < 1.29 is 0 Å². The zero-order valence-corrected chi connectivity index (χ0v) is 20.6. The first-order chi connectivity index (χ1) is 17.7. The van der Waals surface area contributed by atoms with Gasteiger partial charge in [0.2, 0.25) is 0 Å². The molecule has 6 rings (SSSR count). The second-order valence-corrected chi connectivity index (χ2v) is 9.08. The molecule has 3 nitrogen and oxygen atoms in total. The summed E-state index contributed by atoms with van der Waals surface area (Å²) in [5.74, 6) is 2.44. The van der Waals surface area contributed by atoms with Crippen molar-refractivity contribution in [1.29, 1.82) is 0 Å². The number of rotatable bonds is 5. The molecule has 174 valence electrons. The van der Waals surface area contributed by atoms with Gasteiger partial charge in [0.05, 0.1) is 0 Å². The highest BCUT2D eigenvalue weighted by atomic mass is 15.0. The molecule has 3 heteroatoms. The quantitative estimate of drug-likeness (QED) is 0.257. The summed E-state index contributed by atoms with van der Waals surface area (Å²) in [5, 5.41) is 5.01. The molecule has 0 spiro atoms. The van der Waals surface area contributed by atoms with Crippen LogP contribution in [0.3, 0.4) is 0 Å². The second-order valence-electron chi connectivity index (χ2n) is 9.08. The zero-order chi connectivity index (χ0) is 24.5. The van der Waals surface area contributed by atoms with E-state index in [4.69, 9.17) is 9.97 Å². The summed E-state index contributed by atoms with van der Waals surface area (Å²) in [6, 6.07) is 37.0. The van der Waals surface area contributed by atoms with E-state index in [0.717, 1.165) is 41.4 Å². The molecular formula is C33H27N3. The molecule has 0 atom stereocenters. The molecular weight excluding hydrogens is 438 g/mol. The molecule has 0 unspecified atom stereocenters. The monoisotopic (exact) mass is 465 g/mol. The number of aryl methyl sites for hydroxylation is 2. The fourth-order valence-corrected chi connectivity index (χ4v) is 4.82. The van der Waals surface area contributed by atoms with Crippen LogP contribution in [-0.4, -0.2) is 15.0 Å². The fraction of sp³-hybridized carbons (Fsp3) is 0.121. The number of aromatic nitrogens is 3. The van der Waals surface area contributed by atoms with Crippen LogP contribution in [0.25, 0.3) is 55.2 Å². The number of nitrogens with zero attached hydrogens (tertiary/aromatic N) is 3. The summed E-state index contributed by atoms with van der Waals surface area (Å²) < 4.78 is 0. The Morgan fingerprint density at radius 3 is 1.86 bits per heavy atom. The smallest absolute Gasteiger partial charge is 0.163 e. The Morgan fingerprint density at radius 1 is 0.472 bits per heavy atom. The van der Waals surface area contributed by atoms with Crippen LogP contribution >= 0.6 is 0 Å². The van der Waals surface area contributed by atoms with Crippen molar-refractivity contribution in [3.63, 3.8) is 0 Å². The van der Waals surface area contributed by atoms with Crippen molar-refractivity contribution in [3.05, 3.63) is 115 Å². The van der Waals surface area contributed by atoms with E-state index in [2.05, 4.69) is 122 Å². The first kappa shape index (κ1) is 22.1. The average Bonchev–Trinajstić information content (AvgIpc) is 2.96. The lowest BCUT2D eigenvalue weighted by molar-refractivity contribution is 0.831. The maximum atomic E-state index is 4.69. The summed E-state index contributed by atoms with van der Waals surface area (Å²) in [6.45, 7) is 4.16. The van der Waals surface area contributed by atoms with Gasteiger partial charge in [-0.2, -0.15) is 0 Å². The lowest BCUT2D eigenvalue weighted by Crippen LogP contribution is -2.04. The number of hydrogen-bond donors (Lipinski definition) is 0. The number of hydrogen-bond acceptors (Lipinski definition) is 3. The predicted molar refractivity (Wildman–Crippen MR) is 150 cm³/mol. The minimum atomic E-state index is 0.751. The molecule has 0 fully saturated rings. The molecule has 0 saturated carbocycles. The first-order valence-corrected chi connectivity index (χ1v) is 12.6. The molecule has 0 radical (unpaired) electrons. The minimum absolute atomic E-state index is 0.751. The summed E-state index contributed by atoms with van der Waals surface area (Å²) in [5.41, 5.74) is 5.86. The third-order valence-corrected chi connectivity index (χ3v) is 6.76. The molecule has 0 aliphatic carbocycles. The van der Waals surface area contributed by atoms with E-state index < -0.39 is 0 Å². The van der Waals surface area contributed by atoms with Gasteiger partial charge in [-0.25, -0.2) is 15.0 Å². The van der Waals surface area contributed by atoms with Crippen molar-refractivity contribution in [2.75, 3.05) is 0 Å². The lowest BCUT2D eigenvalue weighted by Gasteiger charge is -2.10. The topological polar surface area (TPSA) is 38.7 Å². The van der Waals surface area contributed by atoms with Gasteiger partial charge < -0.3 is 0 Å². The highest BCUT2D eigenvalue weighted by Crippen LogP contribution is 2.33. The average molecular weight is 466 g/mol. The van der Waals surface area contributed by atoms with Crippen molar-refractivity contribution in [2.45, 2.75) is 26.7 Å². The summed E-state index contributed by atoms with van der Waals surface area (Å²) >= 11 is 0. The maximum absolute atomic E-state index is 4.69. The highest BCUT2D eigenvalue weighted by molar-refractivity contribution is 5.99. The van der Waals surface area contributed by atoms with Gasteiger partial charge in [0.1, 0.15) is 11.6 Å². The standard InChI is InChI=1S/C33H27N3/c1-3-31-34-32(4-2)36-33(35-31)28-12-7-11-23(21-28)24-15-16-26-20-27(18-17-25(26)19-24)30-14-8-10-22-9-5-6-13-29(22)30/h5-21H,3-4H2,1-2H3. The van der Waals surface area contributed by atoms with E-state index in [0.29, 0.717) is 0 Å². The maximum Gasteiger partial charge on any atom is 0.163 e. The van der Waals surface area contributed by atoms with E-state index in [1.165, 1.54) is 38.2 Å². The van der Waals surface area contributed by atoms with E-state index in [1.807, 2.05) is 0 Å². The third kappa shape index (κ3) is 4.14. The van der Waals surface area contributed by atoms with Gasteiger partial charge in [-0.1, -0.05) is 98.8 Å². The Hall–Kier alpha value is -4.37. The SMILES string of the molecule is CCc1nc(CC)nc(-c2cccc(-c3ccc4cc(-c5cccc6ccccc56)ccc4c3)c2)n1. The van der Waals surface area contributed by atoms with Crippen molar-refractivity contribution in [2.24, 2.45) is 0 Å². The third-order valence-electron chi connectivity index (χ3n) is 6.76. The number of fused-ring (bicyclic) bond motifs is 2. The van der Waals surface area contributed by atoms with Gasteiger partial charge in [-0.15, -0.1) is 0 Å². The van der Waals surface area contributed by atoms with Gasteiger partial charge in [0.25, 0.3) is 0 Å². The second kappa shape index (κ2) is 9.35. The van der Waals surface area contributed by atoms with Crippen LogP contribution in [0, 0.1) is 0 Å². The Labute approximate surface area is 211 Å². The molecule has 0 aliphatic heterocycles. The first-order valence-electron chi connectivity index (χ1n) is 12.6. The van der Waals surface area contributed by atoms with Crippen molar-refractivity contribution in [1.82, 2.24) is 15.0 Å². The lowest BCUT2D eigenvalue weighted by atomic mass is 9.94. The van der Waals surface area contributed by atoms with Crippen molar-refractivity contribution >= 4 is 21.5 Å². The predicted octanol–water partition coefficient (Wildman–Crippen LogP) is 8.30. The zero-order valence-electron chi connectivity index (χ0n) is 20.6. The molecule has 36 heavy (non-hydrogen) atoms. The Kier molecular flexibility index (Phi) is 5.74. The molecule has 6 aromatic rings. The molecule has 1 heterocycles. The molecule has 0 saturated heterocycles. The molecule has 0 bridgehead atoms. The normalized spacial score (nSPS) is 11.3. The van der Waals surface area contributed by atoms with E-state index in [1.54, 1.807) is 0 Å².